The molecule has 1 fully saturated rings. The van der Waals surface area contributed by atoms with Gasteiger partial charge in [0.15, 0.2) is 5.13 Å². The summed E-state index contributed by atoms with van der Waals surface area (Å²) < 4.78 is 0. The number of carboxylic acid groups (broad SMARTS) is 1. The van der Waals surface area contributed by atoms with Crippen molar-refractivity contribution in [3.05, 3.63) is 10.6 Å². The van der Waals surface area contributed by atoms with E-state index in [1.54, 1.807) is 6.92 Å². The molecule has 0 spiro atoms. The Balaban J connectivity index is 2.06. The van der Waals surface area contributed by atoms with E-state index in [-0.39, 0.29) is 0 Å². The highest BCUT2D eigenvalue weighted by Gasteiger charge is 2.24. The Hall–Kier alpha value is -1.10. The molecule has 2 heterocycles. The average Bonchev–Trinajstić information content (AvgIpc) is 2.71. The van der Waals surface area contributed by atoms with Crippen molar-refractivity contribution in [2.75, 3.05) is 18.0 Å². The molecule has 0 amide bonds. The van der Waals surface area contributed by atoms with Crippen LogP contribution in [0.25, 0.3) is 0 Å². The Morgan fingerprint density at radius 3 is 2.50 bits per heavy atom. The van der Waals surface area contributed by atoms with Crippen molar-refractivity contribution in [2.24, 2.45) is 11.8 Å². The molecule has 0 atom stereocenters. The topological polar surface area (TPSA) is 53.4 Å². The van der Waals surface area contributed by atoms with Crippen molar-refractivity contribution in [1.82, 2.24) is 4.98 Å². The van der Waals surface area contributed by atoms with Crippen LogP contribution < -0.4 is 4.90 Å². The quantitative estimate of drug-likeness (QED) is 0.915. The summed E-state index contributed by atoms with van der Waals surface area (Å²) in [5.41, 5.74) is 0.633. The van der Waals surface area contributed by atoms with E-state index in [1.807, 2.05) is 0 Å². The molecule has 0 aromatic carbocycles. The molecule has 100 valence electrons. The van der Waals surface area contributed by atoms with Crippen LogP contribution in [-0.4, -0.2) is 29.1 Å². The van der Waals surface area contributed by atoms with Crippen molar-refractivity contribution in [1.29, 1.82) is 0 Å². The minimum Gasteiger partial charge on any atom is -0.477 e. The maximum Gasteiger partial charge on any atom is 0.347 e. The SMILES string of the molecule is Cc1nc(N2CCC(C(C)C)CC2)sc1C(=O)O. The first-order valence-electron chi connectivity index (χ1n) is 6.44. The number of hydrogen-bond acceptors (Lipinski definition) is 4. The number of piperidine rings is 1. The van der Waals surface area contributed by atoms with Gasteiger partial charge in [-0.15, -0.1) is 0 Å². The summed E-state index contributed by atoms with van der Waals surface area (Å²) in [6.07, 6.45) is 2.36. The average molecular weight is 268 g/mol. The van der Waals surface area contributed by atoms with Crippen molar-refractivity contribution >= 4 is 22.4 Å². The summed E-state index contributed by atoms with van der Waals surface area (Å²) in [6, 6.07) is 0. The zero-order valence-corrected chi connectivity index (χ0v) is 12.0. The first-order valence-corrected chi connectivity index (χ1v) is 7.26. The minimum absolute atomic E-state index is 0.371. The number of nitrogens with zero attached hydrogens (tertiary/aromatic N) is 2. The minimum atomic E-state index is -0.867. The molecule has 0 radical (unpaired) electrons. The summed E-state index contributed by atoms with van der Waals surface area (Å²) in [5.74, 6) is 0.661. The number of aromatic carboxylic acids is 1. The fraction of sp³-hybridized carbons (Fsp3) is 0.692. The molecule has 1 N–H and O–H groups in total. The maximum absolute atomic E-state index is 11.0. The molecule has 4 nitrogen and oxygen atoms in total. The van der Waals surface area contributed by atoms with Crippen LogP contribution in [-0.2, 0) is 0 Å². The van der Waals surface area contributed by atoms with Crippen molar-refractivity contribution < 1.29 is 9.90 Å². The lowest BCUT2D eigenvalue weighted by molar-refractivity contribution is 0.0701. The number of hydrogen-bond donors (Lipinski definition) is 1. The second-order valence-corrected chi connectivity index (χ2v) is 6.26. The van der Waals surface area contributed by atoms with Gasteiger partial charge in [0.25, 0.3) is 0 Å². The molecular weight excluding hydrogens is 248 g/mol. The number of carbonyl (C=O) groups is 1. The summed E-state index contributed by atoms with van der Waals surface area (Å²) in [6.45, 7) is 8.31. The van der Waals surface area contributed by atoms with Crippen LogP contribution in [0.1, 0.15) is 42.1 Å². The lowest BCUT2D eigenvalue weighted by Gasteiger charge is -2.33. The van der Waals surface area contributed by atoms with Crippen molar-refractivity contribution in [3.8, 4) is 0 Å². The van der Waals surface area contributed by atoms with Crippen molar-refractivity contribution in [3.63, 3.8) is 0 Å². The summed E-state index contributed by atoms with van der Waals surface area (Å²) in [7, 11) is 0. The predicted octanol–water partition coefficient (Wildman–Crippen LogP) is 3.02. The Bertz CT molecular complexity index is 434. The molecule has 18 heavy (non-hydrogen) atoms. The zero-order chi connectivity index (χ0) is 13.3. The first kappa shape index (κ1) is 13.3. The van der Waals surface area contributed by atoms with Gasteiger partial charge in [-0.1, -0.05) is 25.2 Å². The third-order valence-corrected chi connectivity index (χ3v) is 4.94. The van der Waals surface area contributed by atoms with E-state index in [1.165, 1.54) is 24.2 Å². The van der Waals surface area contributed by atoms with Crippen molar-refractivity contribution in [2.45, 2.75) is 33.6 Å². The van der Waals surface area contributed by atoms with Crippen LogP contribution in [0, 0.1) is 18.8 Å². The maximum atomic E-state index is 11.0. The number of aryl methyl sites for hydroxylation is 1. The molecule has 1 aliphatic heterocycles. The molecule has 2 rings (SSSR count). The number of aromatic nitrogens is 1. The van der Waals surface area contributed by atoms with E-state index in [9.17, 15) is 4.79 Å². The van der Waals surface area contributed by atoms with Gasteiger partial charge in [-0.3, -0.25) is 0 Å². The third kappa shape index (κ3) is 2.66. The van der Waals surface area contributed by atoms with Gasteiger partial charge in [0.1, 0.15) is 4.88 Å². The zero-order valence-electron chi connectivity index (χ0n) is 11.1. The molecule has 1 saturated heterocycles. The van der Waals surface area contributed by atoms with E-state index in [0.29, 0.717) is 10.6 Å². The Kier molecular flexibility index (Phi) is 3.90. The Morgan fingerprint density at radius 1 is 1.44 bits per heavy atom. The fourth-order valence-electron chi connectivity index (χ4n) is 2.47. The highest BCUT2D eigenvalue weighted by molar-refractivity contribution is 7.17. The molecule has 1 aliphatic rings. The second kappa shape index (κ2) is 5.26. The number of thiazole rings is 1. The van der Waals surface area contributed by atoms with Gasteiger partial charge in [-0.25, -0.2) is 9.78 Å². The van der Waals surface area contributed by atoms with Gasteiger partial charge in [-0.05, 0) is 31.6 Å². The standard InChI is InChI=1S/C13H20N2O2S/c1-8(2)10-4-6-15(7-5-10)13-14-9(3)11(18-13)12(16)17/h8,10H,4-7H2,1-3H3,(H,16,17). The van der Waals surface area contributed by atoms with Gasteiger partial charge in [0, 0.05) is 13.1 Å². The van der Waals surface area contributed by atoms with E-state index in [4.69, 9.17) is 5.11 Å². The van der Waals surface area contributed by atoms with Crippen LogP contribution >= 0.6 is 11.3 Å². The molecule has 0 saturated carbocycles. The first-order chi connectivity index (χ1) is 8.49. The molecular formula is C13H20N2O2S. The molecule has 1 aromatic heterocycles. The lowest BCUT2D eigenvalue weighted by atomic mass is 9.87. The van der Waals surface area contributed by atoms with Gasteiger partial charge >= 0.3 is 5.97 Å². The predicted molar refractivity (Wildman–Crippen MR) is 73.6 cm³/mol. The van der Waals surface area contributed by atoms with Crippen LogP contribution in [0.3, 0.4) is 0 Å². The Labute approximate surface area is 112 Å². The van der Waals surface area contributed by atoms with Crippen LogP contribution in [0.4, 0.5) is 5.13 Å². The van der Waals surface area contributed by atoms with Gasteiger partial charge in [-0.2, -0.15) is 0 Å². The van der Waals surface area contributed by atoms with E-state index in [0.717, 1.165) is 30.1 Å². The lowest BCUT2D eigenvalue weighted by Crippen LogP contribution is -2.35. The van der Waals surface area contributed by atoms with E-state index in [2.05, 4.69) is 23.7 Å². The number of anilines is 1. The normalized spacial score (nSPS) is 17.4. The largest absolute Gasteiger partial charge is 0.477 e. The summed E-state index contributed by atoms with van der Waals surface area (Å²) in [4.78, 5) is 18.0. The third-order valence-electron chi connectivity index (χ3n) is 3.73. The summed E-state index contributed by atoms with van der Waals surface area (Å²) >= 11 is 1.30. The Morgan fingerprint density at radius 2 is 2.06 bits per heavy atom. The van der Waals surface area contributed by atoms with E-state index < -0.39 is 5.97 Å². The monoisotopic (exact) mass is 268 g/mol. The molecule has 5 heteroatoms. The van der Waals surface area contributed by atoms with Gasteiger partial charge < -0.3 is 10.0 Å². The number of carboxylic acids is 1. The van der Waals surface area contributed by atoms with E-state index >= 15 is 0 Å². The summed E-state index contributed by atoms with van der Waals surface area (Å²) in [5, 5.41) is 9.91. The molecule has 0 unspecified atom stereocenters. The van der Waals surface area contributed by atoms with Gasteiger partial charge in [0.2, 0.25) is 0 Å². The molecule has 0 bridgehead atoms. The van der Waals surface area contributed by atoms with Gasteiger partial charge in [0.05, 0.1) is 5.69 Å². The van der Waals surface area contributed by atoms with Crippen LogP contribution in [0.5, 0.6) is 0 Å². The molecule has 0 aliphatic carbocycles. The van der Waals surface area contributed by atoms with Crippen LogP contribution in [0.15, 0.2) is 0 Å². The smallest absolute Gasteiger partial charge is 0.347 e. The fourth-order valence-corrected chi connectivity index (χ4v) is 3.43. The highest BCUT2D eigenvalue weighted by Crippen LogP contribution is 2.31. The van der Waals surface area contributed by atoms with Crippen LogP contribution in [0.2, 0.25) is 0 Å². The highest BCUT2D eigenvalue weighted by atomic mass is 32.1. The second-order valence-electron chi connectivity index (χ2n) is 5.28. The number of rotatable bonds is 3. The molecule has 1 aromatic rings.